The van der Waals surface area contributed by atoms with Crippen molar-refractivity contribution in [3.05, 3.63) is 11.6 Å². The zero-order chi connectivity index (χ0) is 9.23. The van der Waals surface area contributed by atoms with Crippen molar-refractivity contribution in [1.82, 2.24) is 0 Å². The first-order valence-corrected chi connectivity index (χ1v) is 5.31. The summed E-state index contributed by atoms with van der Waals surface area (Å²) in [6.07, 6.45) is 12.8. The number of rotatable bonds is 7. The smallest absolute Gasteiger partial charge is 0.0277 e. The summed E-state index contributed by atoms with van der Waals surface area (Å²) in [7, 11) is 0. The first-order chi connectivity index (χ1) is 5.77. The van der Waals surface area contributed by atoms with Crippen molar-refractivity contribution in [1.29, 1.82) is 0 Å². The Hall–Kier alpha value is -0.260. The van der Waals surface area contributed by atoms with Gasteiger partial charge in [-0.25, -0.2) is 0 Å². The molecule has 0 aliphatic heterocycles. The van der Waals surface area contributed by atoms with Gasteiger partial charge >= 0.3 is 0 Å². The fourth-order valence-electron chi connectivity index (χ4n) is 1.24. The third-order valence-electron chi connectivity index (χ3n) is 2.01. The van der Waals surface area contributed by atoms with Crippen LogP contribution in [0.4, 0.5) is 0 Å². The molecule has 0 nitrogen and oxygen atoms in total. The van der Waals surface area contributed by atoms with Crippen molar-refractivity contribution in [3.63, 3.8) is 0 Å². The SMILES string of the molecule is CCCCCCCC[C]=C(C)C. The normalized spacial score (nSPS) is 9.92. The lowest BCUT2D eigenvalue weighted by molar-refractivity contribution is 0.608. The van der Waals surface area contributed by atoms with Crippen LogP contribution in [0.2, 0.25) is 0 Å². The van der Waals surface area contributed by atoms with Gasteiger partial charge in [0.05, 0.1) is 0 Å². The predicted octanol–water partition coefficient (Wildman–Crippen LogP) is 4.51. The molecule has 0 aliphatic rings. The third-order valence-corrected chi connectivity index (χ3v) is 2.01. The maximum atomic E-state index is 3.35. The highest BCUT2D eigenvalue weighted by Gasteiger charge is 1.88. The minimum absolute atomic E-state index is 1.16. The lowest BCUT2D eigenvalue weighted by Crippen LogP contribution is -1.78. The van der Waals surface area contributed by atoms with Gasteiger partial charge in [0.2, 0.25) is 0 Å². The van der Waals surface area contributed by atoms with E-state index >= 15 is 0 Å². The number of hydrogen-bond acceptors (Lipinski definition) is 0. The Kier molecular flexibility index (Phi) is 8.64. The van der Waals surface area contributed by atoms with Gasteiger partial charge in [-0.2, -0.15) is 0 Å². The van der Waals surface area contributed by atoms with Gasteiger partial charge in [-0.1, -0.05) is 44.6 Å². The summed E-state index contributed by atoms with van der Waals surface area (Å²) in [5.74, 6) is 0. The molecule has 0 aromatic heterocycles. The van der Waals surface area contributed by atoms with Crippen LogP contribution in [0.25, 0.3) is 0 Å². The highest BCUT2D eigenvalue weighted by atomic mass is 13.9. The fourth-order valence-corrected chi connectivity index (χ4v) is 1.24. The molecule has 12 heavy (non-hydrogen) atoms. The number of hydrogen-bond donors (Lipinski definition) is 0. The summed E-state index contributed by atoms with van der Waals surface area (Å²) in [6.45, 7) is 6.51. The molecule has 0 aliphatic carbocycles. The number of unbranched alkanes of at least 4 members (excludes halogenated alkanes) is 6. The molecule has 1 radical (unpaired) electrons. The molecule has 0 N–H and O–H groups in total. The van der Waals surface area contributed by atoms with E-state index < -0.39 is 0 Å². The lowest BCUT2D eigenvalue weighted by Gasteiger charge is -1.97. The van der Waals surface area contributed by atoms with E-state index in [0.717, 1.165) is 6.42 Å². The first-order valence-electron chi connectivity index (χ1n) is 5.31. The zero-order valence-electron chi connectivity index (χ0n) is 8.95. The second-order valence-electron chi connectivity index (χ2n) is 3.69. The van der Waals surface area contributed by atoms with Crippen LogP contribution >= 0.6 is 0 Å². The molecule has 0 spiro atoms. The van der Waals surface area contributed by atoms with Crippen LogP contribution in [-0.4, -0.2) is 0 Å². The molecule has 0 atom stereocenters. The van der Waals surface area contributed by atoms with E-state index in [-0.39, 0.29) is 0 Å². The van der Waals surface area contributed by atoms with Gasteiger partial charge in [0.1, 0.15) is 0 Å². The van der Waals surface area contributed by atoms with Crippen molar-refractivity contribution in [2.24, 2.45) is 0 Å². The Bertz CT molecular complexity index is 107. The van der Waals surface area contributed by atoms with Gasteiger partial charge < -0.3 is 0 Å². The Balaban J connectivity index is 2.96. The minimum atomic E-state index is 1.16. The molecule has 0 aromatic carbocycles. The van der Waals surface area contributed by atoms with Gasteiger partial charge in [-0.15, -0.1) is 0 Å². The van der Waals surface area contributed by atoms with E-state index in [2.05, 4.69) is 26.8 Å². The van der Waals surface area contributed by atoms with Gasteiger partial charge in [0.25, 0.3) is 0 Å². The average Bonchev–Trinajstić information content (AvgIpc) is 2.02. The van der Waals surface area contributed by atoms with E-state index in [1.54, 1.807) is 0 Å². The van der Waals surface area contributed by atoms with Crippen LogP contribution < -0.4 is 0 Å². The predicted molar refractivity (Wildman–Crippen MR) is 56.1 cm³/mol. The molecule has 0 bridgehead atoms. The van der Waals surface area contributed by atoms with Gasteiger partial charge in [-0.05, 0) is 32.8 Å². The Morgan fingerprint density at radius 2 is 1.50 bits per heavy atom. The highest BCUT2D eigenvalue weighted by Crippen LogP contribution is 2.07. The second-order valence-corrected chi connectivity index (χ2v) is 3.69. The average molecular weight is 167 g/mol. The third kappa shape index (κ3) is 9.74. The molecule has 0 saturated carbocycles. The quantitative estimate of drug-likeness (QED) is 0.489. The van der Waals surface area contributed by atoms with E-state index in [0.29, 0.717) is 0 Å². The van der Waals surface area contributed by atoms with Gasteiger partial charge in [0.15, 0.2) is 0 Å². The number of allylic oxidation sites excluding steroid dienone is 2. The molecule has 0 heterocycles. The maximum Gasteiger partial charge on any atom is -0.0277 e. The summed E-state index contributed by atoms with van der Waals surface area (Å²) in [6, 6.07) is 0. The van der Waals surface area contributed by atoms with Crippen molar-refractivity contribution in [3.8, 4) is 0 Å². The van der Waals surface area contributed by atoms with Crippen LogP contribution in [0.5, 0.6) is 0 Å². The van der Waals surface area contributed by atoms with Crippen LogP contribution in [0.3, 0.4) is 0 Å². The van der Waals surface area contributed by atoms with Crippen molar-refractivity contribution >= 4 is 0 Å². The highest BCUT2D eigenvalue weighted by molar-refractivity contribution is 4.85. The van der Waals surface area contributed by atoms with E-state index in [1.807, 2.05) is 0 Å². The van der Waals surface area contributed by atoms with Crippen molar-refractivity contribution < 1.29 is 0 Å². The molecule has 0 aromatic rings. The zero-order valence-corrected chi connectivity index (χ0v) is 8.95. The Morgan fingerprint density at radius 3 is 2.08 bits per heavy atom. The summed E-state index contributed by atoms with van der Waals surface area (Å²) in [4.78, 5) is 0. The first kappa shape index (κ1) is 11.7. The van der Waals surface area contributed by atoms with Gasteiger partial charge in [0, 0.05) is 0 Å². The molecule has 0 unspecified atom stereocenters. The molecule has 0 amide bonds. The summed E-state index contributed by atoms with van der Waals surface area (Å²) in [5.41, 5.74) is 1.34. The molecule has 0 rings (SSSR count). The largest absolute Gasteiger partial charge is 0.0730 e. The molecule has 71 valence electrons. The maximum absolute atomic E-state index is 3.35. The second kappa shape index (κ2) is 8.83. The Morgan fingerprint density at radius 1 is 0.917 bits per heavy atom. The lowest BCUT2D eigenvalue weighted by atomic mass is 10.1. The summed E-state index contributed by atoms with van der Waals surface area (Å²) >= 11 is 0. The standard InChI is InChI=1S/C12H23/c1-4-5-6-7-8-9-10-11-12(2)3/h4-10H2,1-3H3. The summed E-state index contributed by atoms with van der Waals surface area (Å²) in [5, 5.41) is 0. The molecule has 0 heteroatoms. The molecule has 0 saturated heterocycles. The topological polar surface area (TPSA) is 0 Å². The molecule has 0 fully saturated rings. The van der Waals surface area contributed by atoms with Crippen molar-refractivity contribution in [2.75, 3.05) is 0 Å². The van der Waals surface area contributed by atoms with Crippen LogP contribution in [0.15, 0.2) is 5.57 Å². The minimum Gasteiger partial charge on any atom is -0.0730 e. The summed E-state index contributed by atoms with van der Waals surface area (Å²) < 4.78 is 0. The Labute approximate surface area is 78.1 Å². The van der Waals surface area contributed by atoms with E-state index in [1.165, 1.54) is 44.1 Å². The molecular formula is C12H23. The van der Waals surface area contributed by atoms with Crippen molar-refractivity contribution in [2.45, 2.75) is 65.7 Å². The van der Waals surface area contributed by atoms with Crippen LogP contribution in [-0.2, 0) is 0 Å². The van der Waals surface area contributed by atoms with Gasteiger partial charge in [-0.3, -0.25) is 0 Å². The monoisotopic (exact) mass is 167 g/mol. The van der Waals surface area contributed by atoms with E-state index in [4.69, 9.17) is 0 Å². The fraction of sp³-hybridized carbons (Fsp3) is 0.833. The van der Waals surface area contributed by atoms with E-state index in [9.17, 15) is 0 Å². The van der Waals surface area contributed by atoms with Crippen LogP contribution in [0, 0.1) is 6.08 Å². The van der Waals surface area contributed by atoms with Crippen LogP contribution in [0.1, 0.15) is 65.7 Å². The molecular weight excluding hydrogens is 144 g/mol.